The van der Waals surface area contributed by atoms with Crippen LogP contribution in [0.5, 0.6) is 0 Å². The Kier molecular flexibility index (Phi) is 3.36. The Morgan fingerprint density at radius 3 is 2.84 bits per heavy atom. The van der Waals surface area contributed by atoms with Crippen molar-refractivity contribution in [1.82, 2.24) is 4.98 Å². The molecule has 0 aliphatic carbocycles. The molecule has 0 unspecified atom stereocenters. The van der Waals surface area contributed by atoms with Gasteiger partial charge in [0, 0.05) is 20.1 Å². The topological polar surface area (TPSA) is 28.2 Å². The summed E-state index contributed by atoms with van der Waals surface area (Å²) in [6.07, 6.45) is 6.18. The van der Waals surface area contributed by atoms with E-state index in [0.29, 0.717) is 0 Å². The molecule has 1 aliphatic heterocycles. The first-order valence-corrected chi connectivity index (χ1v) is 6.81. The van der Waals surface area contributed by atoms with Gasteiger partial charge in [0.25, 0.3) is 0 Å². The zero-order valence-corrected chi connectivity index (χ0v) is 11.3. The van der Waals surface area contributed by atoms with E-state index in [4.69, 9.17) is 0 Å². The molecule has 0 amide bonds. The van der Waals surface area contributed by atoms with E-state index in [1.807, 2.05) is 19.4 Å². The van der Waals surface area contributed by atoms with E-state index >= 15 is 0 Å². The number of nitrogens with zero attached hydrogens (tertiary/aromatic N) is 2. The van der Waals surface area contributed by atoms with Crippen LogP contribution in [0.3, 0.4) is 0 Å². The highest BCUT2D eigenvalue weighted by Crippen LogP contribution is 2.24. The molecule has 98 valence electrons. The van der Waals surface area contributed by atoms with Gasteiger partial charge >= 0.3 is 0 Å². The minimum absolute atomic E-state index is 0.977. The number of rotatable bonds is 2. The van der Waals surface area contributed by atoms with Gasteiger partial charge in [-0.05, 0) is 30.0 Å². The molecule has 0 bridgehead atoms. The zero-order chi connectivity index (χ0) is 13.1. The van der Waals surface area contributed by atoms with Crippen molar-refractivity contribution in [3.63, 3.8) is 0 Å². The molecule has 0 spiro atoms. The fraction of sp³-hybridized carbons (Fsp3) is 0.312. The van der Waals surface area contributed by atoms with Gasteiger partial charge in [0.1, 0.15) is 0 Å². The van der Waals surface area contributed by atoms with Crippen LogP contribution in [0.25, 0.3) is 0 Å². The second-order valence-electron chi connectivity index (χ2n) is 4.98. The standard InChI is InChI=1S/C16H19N3/c1-17-15-9-16(11-18-10-15)19-8-4-7-13-5-2-3-6-14(13)12-19/h2-3,5-6,9-11,17H,4,7-8,12H2,1H3. The molecule has 1 aromatic heterocycles. The van der Waals surface area contributed by atoms with Crippen LogP contribution in [0.1, 0.15) is 17.5 Å². The summed E-state index contributed by atoms with van der Waals surface area (Å²) in [6.45, 7) is 2.06. The molecule has 2 heterocycles. The van der Waals surface area contributed by atoms with Gasteiger partial charge < -0.3 is 10.2 Å². The van der Waals surface area contributed by atoms with Crippen LogP contribution in [0.2, 0.25) is 0 Å². The lowest BCUT2D eigenvalue weighted by atomic mass is 10.0. The van der Waals surface area contributed by atoms with E-state index in [0.717, 1.165) is 18.8 Å². The van der Waals surface area contributed by atoms with Crippen LogP contribution in [0.4, 0.5) is 11.4 Å². The van der Waals surface area contributed by atoms with Crippen molar-refractivity contribution in [2.24, 2.45) is 0 Å². The van der Waals surface area contributed by atoms with Gasteiger partial charge in [-0.2, -0.15) is 0 Å². The van der Waals surface area contributed by atoms with Crippen LogP contribution in [-0.4, -0.2) is 18.6 Å². The smallest absolute Gasteiger partial charge is 0.0576 e. The number of hydrogen-bond acceptors (Lipinski definition) is 3. The maximum absolute atomic E-state index is 4.31. The van der Waals surface area contributed by atoms with Crippen LogP contribution >= 0.6 is 0 Å². The number of nitrogens with one attached hydrogen (secondary N) is 1. The van der Waals surface area contributed by atoms with Gasteiger partial charge in [-0.25, -0.2) is 0 Å². The van der Waals surface area contributed by atoms with E-state index in [9.17, 15) is 0 Å². The Hall–Kier alpha value is -2.03. The summed E-state index contributed by atoms with van der Waals surface area (Å²) in [5.74, 6) is 0. The van der Waals surface area contributed by atoms with Gasteiger partial charge in [0.15, 0.2) is 0 Å². The molecule has 1 aliphatic rings. The minimum atomic E-state index is 0.977. The molecular weight excluding hydrogens is 234 g/mol. The van der Waals surface area contributed by atoms with Crippen molar-refractivity contribution in [2.75, 3.05) is 23.8 Å². The van der Waals surface area contributed by atoms with Gasteiger partial charge in [0.05, 0.1) is 23.8 Å². The highest BCUT2D eigenvalue weighted by molar-refractivity contribution is 5.56. The molecule has 3 nitrogen and oxygen atoms in total. The highest BCUT2D eigenvalue weighted by atomic mass is 15.1. The molecule has 3 rings (SSSR count). The van der Waals surface area contributed by atoms with Crippen molar-refractivity contribution in [1.29, 1.82) is 0 Å². The summed E-state index contributed by atoms with van der Waals surface area (Å²) in [6, 6.07) is 10.9. The average Bonchev–Trinajstić information content (AvgIpc) is 2.69. The van der Waals surface area contributed by atoms with Crippen molar-refractivity contribution < 1.29 is 0 Å². The first-order valence-electron chi connectivity index (χ1n) is 6.81. The Balaban J connectivity index is 1.89. The van der Waals surface area contributed by atoms with Gasteiger partial charge in [-0.1, -0.05) is 24.3 Å². The van der Waals surface area contributed by atoms with Gasteiger partial charge in [0.2, 0.25) is 0 Å². The molecule has 0 radical (unpaired) electrons. The number of anilines is 2. The fourth-order valence-electron chi connectivity index (χ4n) is 2.66. The molecule has 19 heavy (non-hydrogen) atoms. The second kappa shape index (κ2) is 5.31. The lowest BCUT2D eigenvalue weighted by Gasteiger charge is -2.23. The first-order chi connectivity index (χ1) is 9.36. The van der Waals surface area contributed by atoms with E-state index in [1.54, 1.807) is 0 Å². The molecule has 0 atom stereocenters. The molecule has 3 heteroatoms. The lowest BCUT2D eigenvalue weighted by Crippen LogP contribution is -2.22. The Morgan fingerprint density at radius 2 is 2.00 bits per heavy atom. The summed E-state index contributed by atoms with van der Waals surface area (Å²) >= 11 is 0. The predicted octanol–water partition coefficient (Wildman–Crippen LogP) is 3.08. The van der Waals surface area contributed by atoms with Crippen LogP contribution in [0, 0.1) is 0 Å². The molecule has 1 aromatic carbocycles. The normalized spacial score (nSPS) is 14.7. The summed E-state index contributed by atoms with van der Waals surface area (Å²) in [5.41, 5.74) is 5.19. The van der Waals surface area contributed by atoms with Crippen molar-refractivity contribution in [2.45, 2.75) is 19.4 Å². The summed E-state index contributed by atoms with van der Waals surface area (Å²) < 4.78 is 0. The maximum atomic E-state index is 4.31. The molecule has 0 fully saturated rings. The predicted molar refractivity (Wildman–Crippen MR) is 79.6 cm³/mol. The third kappa shape index (κ3) is 2.55. The highest BCUT2D eigenvalue weighted by Gasteiger charge is 2.14. The van der Waals surface area contributed by atoms with E-state index in [-0.39, 0.29) is 0 Å². The third-order valence-corrected chi connectivity index (χ3v) is 3.73. The molecule has 0 saturated carbocycles. The van der Waals surface area contributed by atoms with Crippen molar-refractivity contribution in [3.05, 3.63) is 53.9 Å². The number of hydrogen-bond donors (Lipinski definition) is 1. The Bertz CT molecular complexity index is 565. The summed E-state index contributed by atoms with van der Waals surface area (Å²) in [4.78, 5) is 6.73. The SMILES string of the molecule is CNc1cncc(N2CCCc3ccccc3C2)c1. The average molecular weight is 253 g/mol. The number of benzene rings is 1. The largest absolute Gasteiger partial charge is 0.387 e. The quantitative estimate of drug-likeness (QED) is 0.891. The summed E-state index contributed by atoms with van der Waals surface area (Å²) in [5, 5.41) is 3.15. The third-order valence-electron chi connectivity index (χ3n) is 3.73. The maximum Gasteiger partial charge on any atom is 0.0576 e. The molecular formula is C16H19N3. The number of pyridine rings is 1. The van der Waals surface area contributed by atoms with Crippen LogP contribution in [0.15, 0.2) is 42.7 Å². The van der Waals surface area contributed by atoms with Gasteiger partial charge in [-0.3, -0.25) is 4.98 Å². The molecule has 2 aromatic rings. The fourth-order valence-corrected chi connectivity index (χ4v) is 2.66. The van der Waals surface area contributed by atoms with Gasteiger partial charge in [-0.15, -0.1) is 0 Å². The van der Waals surface area contributed by atoms with Crippen molar-refractivity contribution >= 4 is 11.4 Å². The van der Waals surface area contributed by atoms with Crippen LogP contribution < -0.4 is 10.2 Å². The number of aromatic nitrogens is 1. The van der Waals surface area contributed by atoms with Crippen LogP contribution in [-0.2, 0) is 13.0 Å². The zero-order valence-electron chi connectivity index (χ0n) is 11.3. The monoisotopic (exact) mass is 253 g/mol. The first kappa shape index (κ1) is 12.0. The Labute approximate surface area is 114 Å². The Morgan fingerprint density at radius 1 is 1.16 bits per heavy atom. The molecule has 0 saturated heterocycles. The lowest BCUT2D eigenvalue weighted by molar-refractivity contribution is 0.764. The van der Waals surface area contributed by atoms with E-state index in [2.05, 4.69) is 45.5 Å². The second-order valence-corrected chi connectivity index (χ2v) is 4.98. The van der Waals surface area contributed by atoms with E-state index < -0.39 is 0 Å². The van der Waals surface area contributed by atoms with Crippen molar-refractivity contribution in [3.8, 4) is 0 Å². The minimum Gasteiger partial charge on any atom is -0.387 e. The summed E-state index contributed by atoms with van der Waals surface area (Å²) in [7, 11) is 1.93. The van der Waals surface area contributed by atoms with E-state index in [1.165, 1.54) is 29.7 Å². The molecule has 1 N–H and O–H groups in total. The number of fused-ring (bicyclic) bond motifs is 1. The number of aryl methyl sites for hydroxylation is 1.